The third-order valence-corrected chi connectivity index (χ3v) is 1.98. The molecule has 0 bridgehead atoms. The second kappa shape index (κ2) is 3.83. The van der Waals surface area contributed by atoms with Gasteiger partial charge >= 0.3 is 5.97 Å². The fraction of sp³-hybridized carbons (Fsp3) is 0.125. The molecule has 0 heterocycles. The van der Waals surface area contributed by atoms with E-state index in [4.69, 9.17) is 0 Å². The maximum atomic E-state index is 12.7. The predicted octanol–water partition coefficient (Wildman–Crippen LogP) is 2.51. The van der Waals surface area contributed by atoms with E-state index in [0.29, 0.717) is 0 Å². The lowest BCUT2D eigenvalue weighted by atomic mass is 10.2. The van der Waals surface area contributed by atoms with Gasteiger partial charge in [-0.1, -0.05) is 0 Å². The summed E-state index contributed by atoms with van der Waals surface area (Å²) in [5.41, 5.74) is -0.0340. The minimum atomic E-state index is -1.09. The molecule has 0 unspecified atom stereocenters. The van der Waals surface area contributed by atoms with Crippen molar-refractivity contribution in [2.45, 2.75) is 0 Å². The fourth-order valence-corrected chi connectivity index (χ4v) is 1.23. The van der Waals surface area contributed by atoms with E-state index < -0.39 is 17.6 Å². The molecule has 1 rings (SSSR count). The molecule has 0 N–H and O–H groups in total. The van der Waals surface area contributed by atoms with Crippen LogP contribution in [0.5, 0.6) is 0 Å². The first-order valence-corrected chi connectivity index (χ1v) is 4.08. The molecule has 0 radical (unpaired) electrons. The van der Waals surface area contributed by atoms with Gasteiger partial charge in [-0.25, -0.2) is 13.6 Å². The number of carbonyl (C=O) groups excluding carboxylic acids is 1. The van der Waals surface area contributed by atoms with Crippen LogP contribution in [0.3, 0.4) is 0 Å². The fourth-order valence-electron chi connectivity index (χ4n) is 0.791. The van der Waals surface area contributed by atoms with E-state index in [1.165, 1.54) is 0 Å². The van der Waals surface area contributed by atoms with E-state index in [9.17, 15) is 13.6 Å². The van der Waals surface area contributed by atoms with Crippen LogP contribution in [0, 0.1) is 11.6 Å². The van der Waals surface area contributed by atoms with Crippen molar-refractivity contribution in [3.05, 3.63) is 33.8 Å². The summed E-state index contributed by atoms with van der Waals surface area (Å²) < 4.78 is 29.7. The molecule has 2 nitrogen and oxygen atoms in total. The van der Waals surface area contributed by atoms with Crippen LogP contribution in [0.25, 0.3) is 0 Å². The van der Waals surface area contributed by atoms with Crippen LogP contribution in [0.2, 0.25) is 0 Å². The van der Waals surface area contributed by atoms with E-state index in [-0.39, 0.29) is 10.0 Å². The molecule has 0 aromatic heterocycles. The molecule has 5 heteroatoms. The minimum absolute atomic E-state index is 0.0340. The summed E-state index contributed by atoms with van der Waals surface area (Å²) in [6.07, 6.45) is 0. The lowest BCUT2D eigenvalue weighted by Crippen LogP contribution is -2.02. The number of hydrogen-bond acceptors (Lipinski definition) is 2. The van der Waals surface area contributed by atoms with Gasteiger partial charge in [0.2, 0.25) is 0 Å². The summed E-state index contributed by atoms with van der Waals surface area (Å²) in [6.45, 7) is 0. The second-order valence-corrected chi connectivity index (χ2v) is 3.10. The van der Waals surface area contributed by atoms with Crippen LogP contribution in [0.15, 0.2) is 16.6 Å². The smallest absolute Gasteiger partial charge is 0.337 e. The Morgan fingerprint density at radius 1 is 1.46 bits per heavy atom. The second-order valence-electron chi connectivity index (χ2n) is 2.25. The van der Waals surface area contributed by atoms with Crippen molar-refractivity contribution >= 4 is 21.9 Å². The van der Waals surface area contributed by atoms with E-state index in [1.54, 1.807) is 0 Å². The van der Waals surface area contributed by atoms with Crippen LogP contribution in [0.4, 0.5) is 8.78 Å². The van der Waals surface area contributed by atoms with Crippen molar-refractivity contribution in [3.8, 4) is 0 Å². The van der Waals surface area contributed by atoms with Crippen LogP contribution in [0.1, 0.15) is 10.4 Å². The van der Waals surface area contributed by atoms with Gasteiger partial charge in [0, 0.05) is 0 Å². The number of esters is 1. The molecule has 1 aromatic carbocycles. The molecule has 0 aliphatic carbocycles. The van der Waals surface area contributed by atoms with Crippen LogP contribution < -0.4 is 0 Å². The Bertz CT molecular complexity index is 329. The number of benzene rings is 1. The quantitative estimate of drug-likeness (QED) is 0.566. The highest BCUT2D eigenvalue weighted by Crippen LogP contribution is 2.20. The van der Waals surface area contributed by atoms with Crippen molar-refractivity contribution in [2.75, 3.05) is 7.11 Å². The largest absolute Gasteiger partial charge is 0.465 e. The third kappa shape index (κ3) is 2.03. The maximum Gasteiger partial charge on any atom is 0.337 e. The van der Waals surface area contributed by atoms with Gasteiger partial charge in [0.15, 0.2) is 11.6 Å². The Kier molecular flexibility index (Phi) is 2.98. The molecule has 0 amide bonds. The van der Waals surface area contributed by atoms with Gasteiger partial charge in [0.1, 0.15) is 0 Å². The van der Waals surface area contributed by atoms with Gasteiger partial charge in [-0.3, -0.25) is 0 Å². The maximum absolute atomic E-state index is 12.7. The highest BCUT2D eigenvalue weighted by atomic mass is 79.9. The molecule has 0 atom stereocenters. The summed E-state index contributed by atoms with van der Waals surface area (Å²) in [5, 5.41) is 0. The normalized spacial score (nSPS) is 9.85. The topological polar surface area (TPSA) is 26.3 Å². The van der Waals surface area contributed by atoms with E-state index in [2.05, 4.69) is 20.7 Å². The lowest BCUT2D eigenvalue weighted by molar-refractivity contribution is 0.0600. The molecule has 0 saturated carbocycles. The first-order valence-electron chi connectivity index (χ1n) is 3.29. The van der Waals surface area contributed by atoms with Gasteiger partial charge < -0.3 is 4.74 Å². The number of methoxy groups -OCH3 is 1. The Hall–Kier alpha value is -0.970. The number of halogens is 3. The first kappa shape index (κ1) is 10.1. The highest BCUT2D eigenvalue weighted by molar-refractivity contribution is 9.10. The first-order chi connectivity index (χ1) is 6.06. The zero-order chi connectivity index (χ0) is 10.0. The van der Waals surface area contributed by atoms with Crippen molar-refractivity contribution in [1.29, 1.82) is 0 Å². The minimum Gasteiger partial charge on any atom is -0.465 e. The Labute approximate surface area is 81.6 Å². The van der Waals surface area contributed by atoms with E-state index in [1.807, 2.05) is 0 Å². The summed E-state index contributed by atoms with van der Waals surface area (Å²) in [6, 6.07) is 1.94. The summed E-state index contributed by atoms with van der Waals surface area (Å²) in [7, 11) is 1.16. The van der Waals surface area contributed by atoms with Crippen molar-refractivity contribution < 1.29 is 18.3 Å². The monoisotopic (exact) mass is 250 g/mol. The molecule has 0 spiro atoms. The molecule has 13 heavy (non-hydrogen) atoms. The standard InChI is InChI=1S/C8H5BrF2O2/c1-13-8(12)4-2-5(9)7(11)6(10)3-4/h2-3H,1H3. The van der Waals surface area contributed by atoms with Crippen LogP contribution in [-0.4, -0.2) is 13.1 Å². The van der Waals surface area contributed by atoms with Crippen LogP contribution in [-0.2, 0) is 4.74 Å². The molecule has 70 valence electrons. The molecular formula is C8H5BrF2O2. The molecule has 0 aliphatic rings. The number of ether oxygens (including phenoxy) is 1. The van der Waals surface area contributed by atoms with Crippen LogP contribution >= 0.6 is 15.9 Å². The van der Waals surface area contributed by atoms with Gasteiger partial charge in [0.05, 0.1) is 17.1 Å². The molecule has 0 fully saturated rings. The Morgan fingerprint density at radius 3 is 2.54 bits per heavy atom. The van der Waals surface area contributed by atoms with Gasteiger partial charge in [-0.15, -0.1) is 0 Å². The number of hydrogen-bond donors (Lipinski definition) is 0. The summed E-state index contributed by atoms with van der Waals surface area (Å²) in [4.78, 5) is 10.9. The van der Waals surface area contributed by atoms with Gasteiger partial charge in [-0.2, -0.15) is 0 Å². The van der Waals surface area contributed by atoms with E-state index in [0.717, 1.165) is 19.2 Å². The Morgan fingerprint density at radius 2 is 2.08 bits per heavy atom. The van der Waals surface area contributed by atoms with Gasteiger partial charge in [-0.05, 0) is 28.1 Å². The molecule has 1 aromatic rings. The highest BCUT2D eigenvalue weighted by Gasteiger charge is 2.13. The number of rotatable bonds is 1. The molecule has 0 aliphatic heterocycles. The molecule has 0 saturated heterocycles. The summed E-state index contributed by atoms with van der Waals surface area (Å²) in [5.74, 6) is -2.82. The van der Waals surface area contributed by atoms with Crippen molar-refractivity contribution in [3.63, 3.8) is 0 Å². The van der Waals surface area contributed by atoms with Gasteiger partial charge in [0.25, 0.3) is 0 Å². The van der Waals surface area contributed by atoms with Crippen molar-refractivity contribution in [2.24, 2.45) is 0 Å². The lowest BCUT2D eigenvalue weighted by Gasteiger charge is -2.01. The predicted molar refractivity (Wildman–Crippen MR) is 45.4 cm³/mol. The van der Waals surface area contributed by atoms with Crippen molar-refractivity contribution in [1.82, 2.24) is 0 Å². The number of carbonyl (C=O) groups is 1. The zero-order valence-electron chi connectivity index (χ0n) is 6.61. The summed E-state index contributed by atoms with van der Waals surface area (Å²) >= 11 is 2.77. The van der Waals surface area contributed by atoms with E-state index >= 15 is 0 Å². The average Bonchev–Trinajstić information content (AvgIpc) is 2.12. The zero-order valence-corrected chi connectivity index (χ0v) is 8.19. The Balaban J connectivity index is 3.20. The molecular weight excluding hydrogens is 246 g/mol. The third-order valence-electron chi connectivity index (χ3n) is 1.40. The SMILES string of the molecule is COC(=O)c1cc(F)c(F)c(Br)c1. The average molecular weight is 251 g/mol.